The van der Waals surface area contributed by atoms with Crippen LogP contribution in [0.4, 0.5) is 0 Å². The van der Waals surface area contributed by atoms with E-state index in [0.717, 1.165) is 25.9 Å². The molecule has 22 heavy (non-hydrogen) atoms. The Morgan fingerprint density at radius 1 is 1.09 bits per heavy atom. The Kier molecular flexibility index (Phi) is 8.97. The second-order valence-corrected chi connectivity index (χ2v) is 7.97. The van der Waals surface area contributed by atoms with Gasteiger partial charge in [0.2, 0.25) is 15.9 Å². The smallest absolute Gasteiger partial charge is 0.223 e. The van der Waals surface area contributed by atoms with Crippen LogP contribution in [0.2, 0.25) is 0 Å². The number of hydrogen-bond donors (Lipinski definition) is 2. The predicted octanol–water partition coefficient (Wildman–Crippen LogP) is 0.944. The number of nitrogens with one attached hydrogen (secondary N) is 2. The normalized spacial score (nSPS) is 17.5. The first-order valence-electron chi connectivity index (χ1n) is 8.47. The third kappa shape index (κ3) is 6.62. The summed E-state index contributed by atoms with van der Waals surface area (Å²) in [4.78, 5) is 12.1. The van der Waals surface area contributed by atoms with Gasteiger partial charge in [-0.2, -0.15) is 0 Å². The lowest BCUT2D eigenvalue weighted by Gasteiger charge is -2.30. The maximum absolute atomic E-state index is 12.1. The molecule has 1 rings (SSSR count). The molecule has 0 spiro atoms. The molecule has 130 valence electrons. The Labute approximate surface area is 135 Å². The Balaban J connectivity index is 2.28. The second-order valence-electron chi connectivity index (χ2n) is 5.88. The largest absolute Gasteiger partial charge is 0.355 e. The van der Waals surface area contributed by atoms with Crippen LogP contribution in [0.3, 0.4) is 0 Å². The van der Waals surface area contributed by atoms with Gasteiger partial charge in [0.15, 0.2) is 0 Å². The third-order valence-corrected chi connectivity index (χ3v) is 5.96. The number of piperidine rings is 1. The lowest BCUT2D eigenvalue weighted by atomic mass is 9.97. The monoisotopic (exact) mass is 333 g/mol. The topological polar surface area (TPSA) is 78.5 Å². The zero-order valence-electron chi connectivity index (χ0n) is 13.9. The zero-order valence-corrected chi connectivity index (χ0v) is 14.8. The summed E-state index contributed by atoms with van der Waals surface area (Å²) in [5, 5.41) is 6.17. The van der Waals surface area contributed by atoms with Gasteiger partial charge in [0.1, 0.15) is 0 Å². The number of hydrogen-bond acceptors (Lipinski definition) is 4. The van der Waals surface area contributed by atoms with E-state index in [2.05, 4.69) is 17.6 Å². The summed E-state index contributed by atoms with van der Waals surface area (Å²) in [7, 11) is -3.13. The number of carbonyl (C=O) groups excluding carboxylic acids is 1. The third-order valence-electron chi connectivity index (χ3n) is 4.00. The number of nitrogens with zero attached hydrogens (tertiary/aromatic N) is 1. The molecule has 0 bridgehead atoms. The highest BCUT2D eigenvalue weighted by molar-refractivity contribution is 7.89. The number of sulfonamides is 1. The minimum Gasteiger partial charge on any atom is -0.355 e. The van der Waals surface area contributed by atoms with Crippen LogP contribution in [0.15, 0.2) is 0 Å². The number of carbonyl (C=O) groups is 1. The molecule has 0 saturated carbocycles. The SMILES string of the molecule is CCCCS(=O)(=O)N1CCC(C(=O)NCCNCCC)CC1. The summed E-state index contributed by atoms with van der Waals surface area (Å²) in [6, 6.07) is 0. The maximum Gasteiger partial charge on any atom is 0.223 e. The lowest BCUT2D eigenvalue weighted by Crippen LogP contribution is -2.44. The van der Waals surface area contributed by atoms with Crippen molar-refractivity contribution in [1.82, 2.24) is 14.9 Å². The minimum absolute atomic E-state index is 0.0520. The van der Waals surface area contributed by atoms with Gasteiger partial charge in [-0.05, 0) is 32.2 Å². The fourth-order valence-electron chi connectivity index (χ4n) is 2.57. The Bertz CT molecular complexity index is 418. The molecular formula is C15H31N3O3S. The van der Waals surface area contributed by atoms with Crippen molar-refractivity contribution in [1.29, 1.82) is 0 Å². The first kappa shape index (κ1) is 19.4. The fraction of sp³-hybridized carbons (Fsp3) is 0.933. The van der Waals surface area contributed by atoms with Gasteiger partial charge in [-0.1, -0.05) is 20.3 Å². The number of rotatable bonds is 10. The van der Waals surface area contributed by atoms with E-state index >= 15 is 0 Å². The number of unbranched alkanes of at least 4 members (excludes halogenated alkanes) is 1. The predicted molar refractivity (Wildman–Crippen MR) is 89.2 cm³/mol. The molecule has 1 aliphatic rings. The van der Waals surface area contributed by atoms with E-state index in [1.54, 1.807) is 4.31 Å². The van der Waals surface area contributed by atoms with E-state index in [9.17, 15) is 13.2 Å². The van der Waals surface area contributed by atoms with Crippen molar-refractivity contribution >= 4 is 15.9 Å². The van der Waals surface area contributed by atoms with Gasteiger partial charge >= 0.3 is 0 Å². The molecule has 6 nitrogen and oxygen atoms in total. The van der Waals surface area contributed by atoms with Crippen LogP contribution in [-0.2, 0) is 14.8 Å². The summed E-state index contributed by atoms with van der Waals surface area (Å²) in [5.74, 6) is 0.233. The fourth-order valence-corrected chi connectivity index (χ4v) is 4.25. The van der Waals surface area contributed by atoms with E-state index in [1.807, 2.05) is 6.92 Å². The highest BCUT2D eigenvalue weighted by Crippen LogP contribution is 2.20. The van der Waals surface area contributed by atoms with E-state index in [0.29, 0.717) is 38.9 Å². The lowest BCUT2D eigenvalue weighted by molar-refractivity contribution is -0.126. The molecule has 0 aromatic carbocycles. The van der Waals surface area contributed by atoms with Crippen molar-refractivity contribution in [2.45, 2.75) is 46.0 Å². The summed E-state index contributed by atoms with van der Waals surface area (Å²) >= 11 is 0. The molecule has 1 aliphatic heterocycles. The van der Waals surface area contributed by atoms with Gasteiger partial charge in [0, 0.05) is 32.1 Å². The molecule has 0 aromatic heterocycles. The average molecular weight is 333 g/mol. The Morgan fingerprint density at radius 2 is 1.77 bits per heavy atom. The van der Waals surface area contributed by atoms with Gasteiger partial charge in [-0.25, -0.2) is 12.7 Å². The summed E-state index contributed by atoms with van der Waals surface area (Å²) in [6.07, 6.45) is 3.91. The van der Waals surface area contributed by atoms with Crippen molar-refractivity contribution in [3.63, 3.8) is 0 Å². The van der Waals surface area contributed by atoms with Crippen molar-refractivity contribution in [2.24, 2.45) is 5.92 Å². The molecular weight excluding hydrogens is 302 g/mol. The molecule has 1 fully saturated rings. The van der Waals surface area contributed by atoms with E-state index < -0.39 is 10.0 Å². The molecule has 1 saturated heterocycles. The van der Waals surface area contributed by atoms with Crippen LogP contribution in [-0.4, -0.2) is 57.1 Å². The molecule has 0 atom stereocenters. The first-order valence-corrected chi connectivity index (χ1v) is 10.1. The highest BCUT2D eigenvalue weighted by atomic mass is 32.2. The Hall–Kier alpha value is -0.660. The summed E-state index contributed by atoms with van der Waals surface area (Å²) < 4.78 is 25.8. The van der Waals surface area contributed by atoms with Gasteiger partial charge in [0.25, 0.3) is 0 Å². The van der Waals surface area contributed by atoms with Gasteiger partial charge < -0.3 is 10.6 Å². The van der Waals surface area contributed by atoms with Crippen LogP contribution in [0.5, 0.6) is 0 Å². The van der Waals surface area contributed by atoms with E-state index in [1.165, 1.54) is 0 Å². The van der Waals surface area contributed by atoms with Crippen molar-refractivity contribution in [3.05, 3.63) is 0 Å². The summed E-state index contributed by atoms with van der Waals surface area (Å²) in [6.45, 7) is 7.41. The van der Waals surface area contributed by atoms with Gasteiger partial charge in [-0.15, -0.1) is 0 Å². The van der Waals surface area contributed by atoms with Crippen LogP contribution >= 0.6 is 0 Å². The van der Waals surface area contributed by atoms with Crippen LogP contribution < -0.4 is 10.6 Å². The highest BCUT2D eigenvalue weighted by Gasteiger charge is 2.30. The van der Waals surface area contributed by atoms with E-state index in [-0.39, 0.29) is 17.6 Å². The van der Waals surface area contributed by atoms with Crippen LogP contribution in [0.1, 0.15) is 46.0 Å². The zero-order chi connectivity index (χ0) is 16.4. The molecule has 0 aromatic rings. The van der Waals surface area contributed by atoms with Crippen molar-refractivity contribution in [2.75, 3.05) is 38.5 Å². The molecule has 0 unspecified atom stereocenters. The maximum atomic E-state index is 12.1. The van der Waals surface area contributed by atoms with Crippen LogP contribution in [0.25, 0.3) is 0 Å². The van der Waals surface area contributed by atoms with Crippen LogP contribution in [0, 0.1) is 5.92 Å². The molecule has 1 heterocycles. The van der Waals surface area contributed by atoms with Crippen molar-refractivity contribution in [3.8, 4) is 0 Å². The van der Waals surface area contributed by atoms with Gasteiger partial charge in [-0.3, -0.25) is 4.79 Å². The molecule has 1 amide bonds. The Morgan fingerprint density at radius 3 is 2.36 bits per heavy atom. The summed E-state index contributed by atoms with van der Waals surface area (Å²) in [5.41, 5.74) is 0. The number of amides is 1. The van der Waals surface area contributed by atoms with E-state index in [4.69, 9.17) is 0 Å². The molecule has 2 N–H and O–H groups in total. The van der Waals surface area contributed by atoms with Gasteiger partial charge in [0.05, 0.1) is 5.75 Å². The second kappa shape index (κ2) is 10.2. The quantitative estimate of drug-likeness (QED) is 0.583. The minimum atomic E-state index is -3.13. The van der Waals surface area contributed by atoms with Crippen molar-refractivity contribution < 1.29 is 13.2 Å². The first-order chi connectivity index (χ1) is 10.5. The molecule has 7 heteroatoms. The molecule has 0 aliphatic carbocycles. The molecule has 0 radical (unpaired) electrons. The standard InChI is InChI=1S/C15H31N3O3S/c1-3-5-13-22(20,21)18-11-6-14(7-12-18)15(19)17-10-9-16-8-4-2/h14,16H,3-13H2,1-2H3,(H,17,19). The average Bonchev–Trinajstić information content (AvgIpc) is 2.52.